The number of piperidine rings is 1. The third-order valence-corrected chi connectivity index (χ3v) is 4.83. The molecule has 0 aliphatic carbocycles. The number of nitrogens with one attached hydrogen (secondary N) is 1. The molecule has 5 nitrogen and oxygen atoms in total. The largest absolute Gasteiger partial charge is 0.495 e. The van der Waals surface area contributed by atoms with Gasteiger partial charge in [0.25, 0.3) is 5.91 Å². The van der Waals surface area contributed by atoms with E-state index in [0.717, 1.165) is 24.7 Å². The van der Waals surface area contributed by atoms with E-state index in [-0.39, 0.29) is 5.91 Å². The Labute approximate surface area is 153 Å². The van der Waals surface area contributed by atoms with Gasteiger partial charge in [-0.3, -0.25) is 9.78 Å². The second-order valence-corrected chi connectivity index (χ2v) is 6.78. The lowest BCUT2D eigenvalue weighted by molar-refractivity contribution is 0.102. The van der Waals surface area contributed by atoms with Gasteiger partial charge in [-0.05, 0) is 49.1 Å². The molecule has 3 rings (SSSR count). The van der Waals surface area contributed by atoms with Crippen LogP contribution >= 0.6 is 11.6 Å². The van der Waals surface area contributed by atoms with Gasteiger partial charge in [-0.25, -0.2) is 0 Å². The SMILES string of the molecule is COc1ccc(NC(=O)c2cc(N3CCC(C)CC3)ccn2)cc1Cl. The van der Waals surface area contributed by atoms with Crippen LogP contribution in [0.3, 0.4) is 0 Å². The van der Waals surface area contributed by atoms with Gasteiger partial charge >= 0.3 is 0 Å². The van der Waals surface area contributed by atoms with Gasteiger partial charge in [-0.15, -0.1) is 0 Å². The highest BCUT2D eigenvalue weighted by molar-refractivity contribution is 6.32. The summed E-state index contributed by atoms with van der Waals surface area (Å²) in [4.78, 5) is 19.0. The Hall–Kier alpha value is -2.27. The number of hydrogen-bond acceptors (Lipinski definition) is 4. The maximum Gasteiger partial charge on any atom is 0.274 e. The molecule has 2 aromatic rings. The number of carbonyl (C=O) groups is 1. The Morgan fingerprint density at radius 2 is 2.04 bits per heavy atom. The lowest BCUT2D eigenvalue weighted by Crippen LogP contribution is -2.33. The molecule has 1 N–H and O–H groups in total. The number of halogens is 1. The van der Waals surface area contributed by atoms with E-state index >= 15 is 0 Å². The molecule has 0 spiro atoms. The number of anilines is 2. The third kappa shape index (κ3) is 4.23. The van der Waals surface area contributed by atoms with Crippen molar-refractivity contribution in [2.75, 3.05) is 30.4 Å². The fraction of sp³-hybridized carbons (Fsp3) is 0.368. The molecule has 0 unspecified atom stereocenters. The van der Waals surface area contributed by atoms with E-state index in [1.807, 2.05) is 12.1 Å². The van der Waals surface area contributed by atoms with Gasteiger partial charge in [0.1, 0.15) is 11.4 Å². The van der Waals surface area contributed by atoms with Crippen LogP contribution in [0.1, 0.15) is 30.3 Å². The number of nitrogens with zero attached hydrogens (tertiary/aromatic N) is 2. The molecular weight excluding hydrogens is 338 g/mol. The Bertz CT molecular complexity index is 758. The molecular formula is C19H22ClN3O2. The van der Waals surface area contributed by atoms with E-state index in [2.05, 4.69) is 22.1 Å². The number of ether oxygens (including phenoxy) is 1. The molecule has 25 heavy (non-hydrogen) atoms. The molecule has 2 heterocycles. The molecule has 1 aliphatic heterocycles. The van der Waals surface area contributed by atoms with Gasteiger partial charge in [-0.1, -0.05) is 18.5 Å². The van der Waals surface area contributed by atoms with Crippen LogP contribution in [0.25, 0.3) is 0 Å². The summed E-state index contributed by atoms with van der Waals surface area (Å²) in [6.45, 7) is 4.31. The molecule has 0 bridgehead atoms. The van der Waals surface area contributed by atoms with Gasteiger partial charge in [0.05, 0.1) is 12.1 Å². The van der Waals surface area contributed by atoms with Crippen LogP contribution in [0.5, 0.6) is 5.75 Å². The average Bonchev–Trinajstić information content (AvgIpc) is 2.62. The fourth-order valence-corrected chi connectivity index (χ4v) is 3.20. The van der Waals surface area contributed by atoms with Crippen molar-refractivity contribution in [1.82, 2.24) is 4.98 Å². The Kier molecular flexibility index (Phi) is 5.43. The molecule has 0 radical (unpaired) electrons. The van der Waals surface area contributed by atoms with Gasteiger partial charge in [-0.2, -0.15) is 0 Å². The minimum Gasteiger partial charge on any atom is -0.495 e. The normalized spacial score (nSPS) is 15.1. The van der Waals surface area contributed by atoms with Crippen LogP contribution in [-0.4, -0.2) is 31.1 Å². The molecule has 1 fully saturated rings. The zero-order valence-electron chi connectivity index (χ0n) is 14.5. The first-order chi connectivity index (χ1) is 12.1. The first-order valence-corrected chi connectivity index (χ1v) is 8.80. The van der Waals surface area contributed by atoms with E-state index in [1.54, 1.807) is 31.5 Å². The van der Waals surface area contributed by atoms with E-state index < -0.39 is 0 Å². The summed E-state index contributed by atoms with van der Waals surface area (Å²) >= 11 is 6.10. The molecule has 1 aromatic heterocycles. The molecule has 132 valence electrons. The maximum absolute atomic E-state index is 12.5. The standard InChI is InChI=1S/C19H22ClN3O2/c1-13-6-9-23(10-7-13)15-5-8-21-17(12-15)19(24)22-14-3-4-18(25-2)16(20)11-14/h3-5,8,11-13H,6-7,9-10H2,1-2H3,(H,22,24). The van der Waals surface area contributed by atoms with Crippen molar-refractivity contribution >= 4 is 28.9 Å². The molecule has 1 saturated heterocycles. The van der Waals surface area contributed by atoms with Crippen LogP contribution in [0.2, 0.25) is 5.02 Å². The Morgan fingerprint density at radius 1 is 1.28 bits per heavy atom. The number of aromatic nitrogens is 1. The highest BCUT2D eigenvalue weighted by atomic mass is 35.5. The predicted octanol–water partition coefficient (Wildman–Crippen LogP) is 4.23. The molecule has 0 saturated carbocycles. The highest BCUT2D eigenvalue weighted by Crippen LogP contribution is 2.28. The summed E-state index contributed by atoms with van der Waals surface area (Å²) in [5, 5.41) is 3.28. The molecule has 0 atom stereocenters. The summed E-state index contributed by atoms with van der Waals surface area (Å²) in [6, 6.07) is 8.93. The number of carbonyl (C=O) groups excluding carboxylic acids is 1. The van der Waals surface area contributed by atoms with Crippen molar-refractivity contribution in [3.05, 3.63) is 47.2 Å². The van der Waals surface area contributed by atoms with Crippen LogP contribution in [0, 0.1) is 5.92 Å². The minimum absolute atomic E-state index is 0.256. The van der Waals surface area contributed by atoms with Gasteiger partial charge in [0.2, 0.25) is 0 Å². The number of benzene rings is 1. The quantitative estimate of drug-likeness (QED) is 0.887. The van der Waals surface area contributed by atoms with Crippen molar-refractivity contribution in [1.29, 1.82) is 0 Å². The zero-order valence-corrected chi connectivity index (χ0v) is 15.2. The lowest BCUT2D eigenvalue weighted by Gasteiger charge is -2.32. The van der Waals surface area contributed by atoms with E-state index in [9.17, 15) is 4.79 Å². The average molecular weight is 360 g/mol. The van der Waals surface area contributed by atoms with Crippen molar-refractivity contribution in [2.45, 2.75) is 19.8 Å². The topological polar surface area (TPSA) is 54.5 Å². The van der Waals surface area contributed by atoms with E-state index in [1.165, 1.54) is 12.8 Å². The minimum atomic E-state index is -0.256. The Balaban J connectivity index is 1.72. The van der Waals surface area contributed by atoms with E-state index in [4.69, 9.17) is 16.3 Å². The second-order valence-electron chi connectivity index (χ2n) is 6.37. The number of methoxy groups -OCH3 is 1. The third-order valence-electron chi connectivity index (χ3n) is 4.53. The summed E-state index contributed by atoms with van der Waals surface area (Å²) in [5.74, 6) is 1.08. The molecule has 1 amide bonds. The van der Waals surface area contributed by atoms with Crippen molar-refractivity contribution in [3.63, 3.8) is 0 Å². The van der Waals surface area contributed by atoms with Gasteiger partial charge in [0.15, 0.2) is 0 Å². The van der Waals surface area contributed by atoms with Crippen molar-refractivity contribution in [3.8, 4) is 5.75 Å². The van der Waals surface area contributed by atoms with Crippen molar-refractivity contribution < 1.29 is 9.53 Å². The van der Waals surface area contributed by atoms with Crippen LogP contribution in [0.15, 0.2) is 36.5 Å². The second kappa shape index (κ2) is 7.74. The van der Waals surface area contributed by atoms with Crippen LogP contribution < -0.4 is 15.0 Å². The molecule has 1 aromatic carbocycles. The fourth-order valence-electron chi connectivity index (χ4n) is 2.95. The molecule has 6 heteroatoms. The predicted molar refractivity (Wildman–Crippen MR) is 101 cm³/mol. The lowest BCUT2D eigenvalue weighted by atomic mass is 9.99. The first-order valence-electron chi connectivity index (χ1n) is 8.42. The highest BCUT2D eigenvalue weighted by Gasteiger charge is 2.17. The van der Waals surface area contributed by atoms with Gasteiger partial charge < -0.3 is 15.0 Å². The zero-order chi connectivity index (χ0) is 17.8. The smallest absolute Gasteiger partial charge is 0.274 e. The summed E-state index contributed by atoms with van der Waals surface area (Å²) in [5.41, 5.74) is 2.04. The maximum atomic E-state index is 12.5. The van der Waals surface area contributed by atoms with Crippen molar-refractivity contribution in [2.24, 2.45) is 5.92 Å². The van der Waals surface area contributed by atoms with Gasteiger partial charge in [0, 0.05) is 30.7 Å². The first kappa shape index (κ1) is 17.5. The Morgan fingerprint density at radius 3 is 2.72 bits per heavy atom. The summed E-state index contributed by atoms with van der Waals surface area (Å²) in [6.07, 6.45) is 4.03. The molecule has 1 aliphatic rings. The van der Waals surface area contributed by atoms with Crippen LogP contribution in [0.4, 0.5) is 11.4 Å². The number of amides is 1. The number of pyridine rings is 1. The monoisotopic (exact) mass is 359 g/mol. The van der Waals surface area contributed by atoms with E-state index in [0.29, 0.717) is 22.2 Å². The number of rotatable bonds is 4. The van der Waals surface area contributed by atoms with Crippen LogP contribution in [-0.2, 0) is 0 Å². The summed E-state index contributed by atoms with van der Waals surface area (Å²) in [7, 11) is 1.55. The number of hydrogen-bond donors (Lipinski definition) is 1. The summed E-state index contributed by atoms with van der Waals surface area (Å²) < 4.78 is 5.12.